The maximum absolute atomic E-state index is 12.6. The molecule has 0 radical (unpaired) electrons. The standard InChI is InChI=1S/C22H39NO3S/c1-4-18(3)13-11-9-7-6-8-10-12-14-22(15-16-22)27(25,26)23-21(24)20-17-19(20)5-2/h4,19-20H,5-17H2,1-3H3,(H,23,24). The third kappa shape index (κ3) is 6.62. The van der Waals surface area contributed by atoms with E-state index in [2.05, 4.69) is 31.6 Å². The highest BCUT2D eigenvalue weighted by atomic mass is 32.2. The van der Waals surface area contributed by atoms with E-state index >= 15 is 0 Å². The van der Waals surface area contributed by atoms with Crippen LogP contribution < -0.4 is 4.72 Å². The zero-order valence-electron chi connectivity index (χ0n) is 17.6. The number of sulfonamides is 1. The Morgan fingerprint density at radius 1 is 1.07 bits per heavy atom. The van der Waals surface area contributed by atoms with E-state index in [1.165, 1.54) is 44.1 Å². The van der Waals surface area contributed by atoms with Crippen LogP contribution in [0.5, 0.6) is 0 Å². The van der Waals surface area contributed by atoms with Gasteiger partial charge < -0.3 is 0 Å². The first-order valence-electron chi connectivity index (χ1n) is 11.0. The van der Waals surface area contributed by atoms with Crippen molar-refractivity contribution >= 4 is 15.9 Å². The molecule has 2 rings (SSSR count). The lowest BCUT2D eigenvalue weighted by atomic mass is 10.0. The molecular weight excluding hydrogens is 358 g/mol. The highest BCUT2D eigenvalue weighted by molar-refractivity contribution is 7.91. The molecule has 4 nitrogen and oxygen atoms in total. The van der Waals surface area contributed by atoms with Crippen LogP contribution in [-0.4, -0.2) is 19.1 Å². The lowest BCUT2D eigenvalue weighted by molar-refractivity contribution is -0.120. The molecule has 0 aromatic heterocycles. The van der Waals surface area contributed by atoms with Crippen LogP contribution in [0.4, 0.5) is 0 Å². The van der Waals surface area contributed by atoms with E-state index < -0.39 is 14.8 Å². The quantitative estimate of drug-likeness (QED) is 0.311. The van der Waals surface area contributed by atoms with Gasteiger partial charge in [0, 0.05) is 5.92 Å². The highest BCUT2D eigenvalue weighted by Crippen LogP contribution is 2.48. The fourth-order valence-electron chi connectivity index (χ4n) is 4.01. The van der Waals surface area contributed by atoms with Crippen LogP contribution in [-0.2, 0) is 14.8 Å². The first-order chi connectivity index (χ1) is 12.8. The van der Waals surface area contributed by atoms with Crippen molar-refractivity contribution in [2.75, 3.05) is 0 Å². The van der Waals surface area contributed by atoms with Crippen LogP contribution in [0, 0.1) is 11.8 Å². The molecule has 0 bridgehead atoms. The number of amides is 1. The Kier molecular flexibility index (Phi) is 8.39. The molecule has 2 atom stereocenters. The number of rotatable bonds is 14. The molecule has 1 N–H and O–H groups in total. The molecule has 0 aromatic carbocycles. The third-order valence-corrected chi connectivity index (χ3v) is 8.82. The van der Waals surface area contributed by atoms with Crippen molar-refractivity contribution in [2.24, 2.45) is 11.8 Å². The Hall–Kier alpha value is -0.840. The van der Waals surface area contributed by atoms with Crippen LogP contribution in [0.15, 0.2) is 11.6 Å². The molecule has 2 fully saturated rings. The van der Waals surface area contributed by atoms with E-state index in [-0.39, 0.29) is 11.8 Å². The Balaban J connectivity index is 1.58. The minimum atomic E-state index is -3.50. The van der Waals surface area contributed by atoms with Gasteiger partial charge >= 0.3 is 0 Å². The second kappa shape index (κ2) is 10.1. The monoisotopic (exact) mass is 397 g/mol. The minimum absolute atomic E-state index is 0.0721. The number of carbonyl (C=O) groups excluding carboxylic acids is 1. The van der Waals surface area contributed by atoms with Crippen molar-refractivity contribution in [1.29, 1.82) is 0 Å². The van der Waals surface area contributed by atoms with Gasteiger partial charge in [-0.2, -0.15) is 0 Å². The highest BCUT2D eigenvalue weighted by Gasteiger charge is 2.55. The van der Waals surface area contributed by atoms with Gasteiger partial charge in [-0.05, 0) is 58.3 Å². The molecule has 0 spiro atoms. The van der Waals surface area contributed by atoms with E-state index in [0.717, 1.165) is 25.7 Å². The van der Waals surface area contributed by atoms with E-state index in [0.29, 0.717) is 25.2 Å². The second-order valence-corrected chi connectivity index (χ2v) is 10.9. The summed E-state index contributed by atoms with van der Waals surface area (Å²) in [5.74, 6) is 0.0516. The Labute approximate surface area is 166 Å². The summed E-state index contributed by atoms with van der Waals surface area (Å²) < 4.78 is 27.0. The van der Waals surface area contributed by atoms with Crippen LogP contribution in [0.3, 0.4) is 0 Å². The van der Waals surface area contributed by atoms with Crippen LogP contribution in [0.2, 0.25) is 0 Å². The second-order valence-electron chi connectivity index (χ2n) is 8.77. The van der Waals surface area contributed by atoms with Gasteiger partial charge in [-0.1, -0.05) is 63.5 Å². The fourth-order valence-corrected chi connectivity index (χ4v) is 5.69. The summed E-state index contributed by atoms with van der Waals surface area (Å²) in [6.45, 7) is 6.34. The summed E-state index contributed by atoms with van der Waals surface area (Å²) in [7, 11) is -3.50. The van der Waals surface area contributed by atoms with E-state index in [4.69, 9.17) is 0 Å². The van der Waals surface area contributed by atoms with Gasteiger partial charge in [0.15, 0.2) is 0 Å². The average Bonchev–Trinajstić information content (AvgIpc) is 3.53. The van der Waals surface area contributed by atoms with Gasteiger partial charge in [0.2, 0.25) is 15.9 Å². The van der Waals surface area contributed by atoms with Gasteiger partial charge in [0.05, 0.1) is 4.75 Å². The SMILES string of the molecule is CC=C(C)CCCCCCCCCC1(S(=O)(=O)NC(=O)C2CC2CC)CC1. The zero-order chi connectivity index (χ0) is 19.9. The lowest BCUT2D eigenvalue weighted by Crippen LogP contribution is -2.40. The van der Waals surface area contributed by atoms with E-state index in [1.54, 1.807) is 0 Å². The van der Waals surface area contributed by atoms with Crippen LogP contribution in [0.1, 0.15) is 104 Å². The Bertz CT molecular complexity index is 619. The molecule has 2 unspecified atom stereocenters. The van der Waals surface area contributed by atoms with E-state index in [9.17, 15) is 13.2 Å². The molecule has 0 aliphatic heterocycles. The van der Waals surface area contributed by atoms with Gasteiger partial charge in [-0.25, -0.2) is 8.42 Å². The summed E-state index contributed by atoms with van der Waals surface area (Å²) >= 11 is 0. The molecule has 2 saturated carbocycles. The van der Waals surface area contributed by atoms with Gasteiger partial charge in [-0.15, -0.1) is 0 Å². The van der Waals surface area contributed by atoms with Crippen LogP contribution >= 0.6 is 0 Å². The number of hydrogen-bond acceptors (Lipinski definition) is 3. The van der Waals surface area contributed by atoms with Crippen LogP contribution in [0.25, 0.3) is 0 Å². The molecule has 1 amide bonds. The summed E-state index contributed by atoms with van der Waals surface area (Å²) in [6, 6.07) is 0. The average molecular weight is 398 g/mol. The maximum Gasteiger partial charge on any atom is 0.240 e. The summed E-state index contributed by atoms with van der Waals surface area (Å²) in [5.41, 5.74) is 1.48. The lowest BCUT2D eigenvalue weighted by Gasteiger charge is -2.17. The Morgan fingerprint density at radius 3 is 2.19 bits per heavy atom. The topological polar surface area (TPSA) is 63.2 Å². The predicted octanol–water partition coefficient (Wildman–Crippen LogP) is 5.49. The first kappa shape index (κ1) is 22.4. The summed E-state index contributed by atoms with van der Waals surface area (Å²) in [6.07, 6.45) is 15.6. The molecule has 156 valence electrons. The van der Waals surface area contributed by atoms with Crippen molar-refractivity contribution in [3.05, 3.63) is 11.6 Å². The largest absolute Gasteiger partial charge is 0.274 e. The van der Waals surface area contributed by atoms with Gasteiger partial charge in [0.1, 0.15) is 0 Å². The molecule has 27 heavy (non-hydrogen) atoms. The Morgan fingerprint density at radius 2 is 1.67 bits per heavy atom. The van der Waals surface area contributed by atoms with E-state index in [1.807, 2.05) is 0 Å². The summed E-state index contributed by atoms with van der Waals surface area (Å²) in [4.78, 5) is 12.1. The minimum Gasteiger partial charge on any atom is -0.274 e. The maximum atomic E-state index is 12.6. The number of unbranched alkanes of at least 4 members (excludes halogenated alkanes) is 6. The van der Waals surface area contributed by atoms with Crippen molar-refractivity contribution in [1.82, 2.24) is 4.72 Å². The van der Waals surface area contributed by atoms with Crippen molar-refractivity contribution in [3.63, 3.8) is 0 Å². The van der Waals surface area contributed by atoms with Gasteiger partial charge in [0.25, 0.3) is 0 Å². The first-order valence-corrected chi connectivity index (χ1v) is 12.5. The number of hydrogen-bond donors (Lipinski definition) is 1. The van der Waals surface area contributed by atoms with Gasteiger partial charge in [-0.3, -0.25) is 9.52 Å². The number of nitrogens with one attached hydrogen (secondary N) is 1. The van der Waals surface area contributed by atoms with Crippen molar-refractivity contribution in [3.8, 4) is 0 Å². The predicted molar refractivity (Wildman–Crippen MR) is 112 cm³/mol. The summed E-state index contributed by atoms with van der Waals surface area (Å²) in [5, 5.41) is 0. The molecule has 2 aliphatic rings. The van der Waals surface area contributed by atoms with Crippen molar-refractivity contribution in [2.45, 2.75) is 109 Å². The molecule has 2 aliphatic carbocycles. The third-order valence-electron chi connectivity index (χ3n) is 6.59. The number of allylic oxidation sites excluding steroid dienone is 2. The molecule has 0 saturated heterocycles. The molecule has 5 heteroatoms. The molecular formula is C22H39NO3S. The van der Waals surface area contributed by atoms with Crippen molar-refractivity contribution < 1.29 is 13.2 Å². The smallest absolute Gasteiger partial charge is 0.240 e. The molecule has 0 heterocycles. The fraction of sp³-hybridized carbons (Fsp3) is 0.864. The normalized spacial score (nSPS) is 23.9. The number of carbonyl (C=O) groups is 1. The zero-order valence-corrected chi connectivity index (χ0v) is 18.4. The molecule has 0 aromatic rings.